The molecule has 3 N–H and O–H groups in total. The molecular weight excluding hydrogens is 456 g/mol. The van der Waals surface area contributed by atoms with E-state index in [4.69, 9.17) is 10.6 Å². The van der Waals surface area contributed by atoms with Gasteiger partial charge >= 0.3 is 0 Å². The Morgan fingerprint density at radius 3 is 2.65 bits per heavy atom. The van der Waals surface area contributed by atoms with Gasteiger partial charge in [0.2, 0.25) is 11.1 Å². The molecule has 0 saturated carbocycles. The summed E-state index contributed by atoms with van der Waals surface area (Å²) in [4.78, 5) is 23.3. The molecule has 180 valence electrons. The predicted molar refractivity (Wildman–Crippen MR) is 132 cm³/mol. The molecule has 0 aliphatic heterocycles. The number of benzene rings is 2. The second-order valence-electron chi connectivity index (χ2n) is 8.25. The smallest absolute Gasteiger partial charge is 0.293 e. The molecular formula is C23H28N6O4S. The van der Waals surface area contributed by atoms with Crippen LogP contribution in [0.4, 0.5) is 11.4 Å². The van der Waals surface area contributed by atoms with Crippen molar-refractivity contribution in [2.24, 2.45) is 0 Å². The molecule has 0 fully saturated rings. The minimum atomic E-state index is -0.517. The Morgan fingerprint density at radius 2 is 1.97 bits per heavy atom. The summed E-state index contributed by atoms with van der Waals surface area (Å²) in [5.74, 6) is 7.12. The third-order valence-corrected chi connectivity index (χ3v) is 6.33. The fourth-order valence-corrected chi connectivity index (χ4v) is 3.98. The molecule has 0 unspecified atom stereocenters. The lowest BCUT2D eigenvalue weighted by atomic mass is 10.0. The molecule has 10 nitrogen and oxygen atoms in total. The van der Waals surface area contributed by atoms with Crippen LogP contribution in [0.25, 0.3) is 0 Å². The van der Waals surface area contributed by atoms with Crippen molar-refractivity contribution in [3.63, 3.8) is 0 Å². The Morgan fingerprint density at radius 1 is 1.24 bits per heavy atom. The molecule has 0 aliphatic rings. The number of carbonyl (C=O) groups excluding carboxylic acids is 1. The first-order valence-corrected chi connectivity index (χ1v) is 11.7. The van der Waals surface area contributed by atoms with Crippen molar-refractivity contribution in [2.45, 2.75) is 52.3 Å². The number of carbonyl (C=O) groups is 1. The summed E-state index contributed by atoms with van der Waals surface area (Å²) in [6.07, 6.45) is 0. The first-order chi connectivity index (χ1) is 16.1. The van der Waals surface area contributed by atoms with Crippen molar-refractivity contribution in [3.8, 4) is 5.75 Å². The van der Waals surface area contributed by atoms with Crippen molar-refractivity contribution < 1.29 is 14.5 Å². The van der Waals surface area contributed by atoms with E-state index in [1.165, 1.54) is 10.7 Å². The number of nitrogens with two attached hydrogens (primary N) is 1. The lowest BCUT2D eigenvalue weighted by Gasteiger charge is -2.14. The molecule has 0 spiro atoms. The van der Waals surface area contributed by atoms with Gasteiger partial charge in [0.25, 0.3) is 5.69 Å². The molecule has 0 radical (unpaired) electrons. The molecule has 3 rings (SSSR count). The zero-order valence-electron chi connectivity index (χ0n) is 19.8. The highest BCUT2D eigenvalue weighted by Crippen LogP contribution is 2.31. The number of nitro benzene ring substituents is 1. The average Bonchev–Trinajstić information content (AvgIpc) is 3.13. The van der Waals surface area contributed by atoms with Gasteiger partial charge in [0.1, 0.15) is 18.0 Å². The van der Waals surface area contributed by atoms with Crippen LogP contribution in [0.5, 0.6) is 5.75 Å². The molecule has 1 heterocycles. The average molecular weight is 485 g/mol. The van der Waals surface area contributed by atoms with E-state index in [1.807, 2.05) is 32.0 Å². The number of nitrogens with one attached hydrogen (secondary N) is 1. The fraction of sp³-hybridized carbons (Fsp3) is 0.348. The van der Waals surface area contributed by atoms with Crippen LogP contribution < -0.4 is 15.9 Å². The standard InChI is InChI=1S/C23H28N6O4S/c1-13(2)17-8-6-14(3)10-19(17)33-11-20-26-27-23(28(20)24)34-12-21(30)25-22-16(5)15(4)7-9-18(22)29(31)32/h6-10,13H,11-12,24H2,1-5H3,(H,25,30). The van der Waals surface area contributed by atoms with Gasteiger partial charge in [-0.1, -0.05) is 43.8 Å². The summed E-state index contributed by atoms with van der Waals surface area (Å²) in [5.41, 5.74) is 3.69. The molecule has 0 atom stereocenters. The monoisotopic (exact) mass is 484 g/mol. The van der Waals surface area contributed by atoms with Crippen molar-refractivity contribution in [3.05, 3.63) is 68.5 Å². The van der Waals surface area contributed by atoms with E-state index in [1.54, 1.807) is 13.0 Å². The number of ether oxygens (including phenoxy) is 1. The Hall–Kier alpha value is -3.60. The van der Waals surface area contributed by atoms with Gasteiger partial charge in [-0.3, -0.25) is 14.9 Å². The van der Waals surface area contributed by atoms with E-state index in [9.17, 15) is 14.9 Å². The number of aromatic nitrogens is 3. The maximum atomic E-state index is 12.5. The topological polar surface area (TPSA) is 138 Å². The van der Waals surface area contributed by atoms with Gasteiger partial charge < -0.3 is 15.9 Å². The van der Waals surface area contributed by atoms with Gasteiger partial charge in [-0.05, 0) is 55.0 Å². The maximum Gasteiger partial charge on any atom is 0.293 e. The number of hydrogen-bond acceptors (Lipinski definition) is 8. The second-order valence-corrected chi connectivity index (χ2v) is 9.19. The zero-order valence-corrected chi connectivity index (χ0v) is 20.6. The number of anilines is 1. The molecule has 2 aromatic carbocycles. The van der Waals surface area contributed by atoms with Crippen LogP contribution >= 0.6 is 11.8 Å². The highest BCUT2D eigenvalue weighted by Gasteiger charge is 2.20. The summed E-state index contributed by atoms with van der Waals surface area (Å²) in [5, 5.41) is 22.4. The molecule has 0 saturated heterocycles. The van der Waals surface area contributed by atoms with Crippen molar-refractivity contribution in [1.82, 2.24) is 14.9 Å². The maximum absolute atomic E-state index is 12.5. The third kappa shape index (κ3) is 5.66. The van der Waals surface area contributed by atoms with Gasteiger partial charge in [-0.15, -0.1) is 10.2 Å². The van der Waals surface area contributed by atoms with Crippen molar-refractivity contribution >= 4 is 29.0 Å². The van der Waals surface area contributed by atoms with Crippen molar-refractivity contribution in [2.75, 3.05) is 16.9 Å². The van der Waals surface area contributed by atoms with Crippen LogP contribution in [-0.2, 0) is 11.4 Å². The fourth-order valence-electron chi connectivity index (χ4n) is 3.31. The number of nitrogen functional groups attached to an aromatic ring is 1. The van der Waals surface area contributed by atoms with Crippen molar-refractivity contribution in [1.29, 1.82) is 0 Å². The lowest BCUT2D eigenvalue weighted by molar-refractivity contribution is -0.384. The lowest BCUT2D eigenvalue weighted by Crippen LogP contribution is -2.19. The third-order valence-electron chi connectivity index (χ3n) is 5.39. The summed E-state index contributed by atoms with van der Waals surface area (Å²) >= 11 is 1.08. The van der Waals surface area contributed by atoms with E-state index in [0.29, 0.717) is 22.5 Å². The van der Waals surface area contributed by atoms with E-state index in [-0.39, 0.29) is 23.7 Å². The summed E-state index contributed by atoms with van der Waals surface area (Å²) in [6, 6.07) is 9.09. The van der Waals surface area contributed by atoms with E-state index < -0.39 is 10.8 Å². The van der Waals surface area contributed by atoms with Gasteiger partial charge in [0, 0.05) is 6.07 Å². The van der Waals surface area contributed by atoms with Gasteiger partial charge in [0.15, 0.2) is 5.82 Å². The second kappa shape index (κ2) is 10.6. The normalized spacial score (nSPS) is 11.0. The Bertz CT molecular complexity index is 1220. The molecule has 11 heteroatoms. The predicted octanol–water partition coefficient (Wildman–Crippen LogP) is 4.26. The number of aryl methyl sites for hydroxylation is 2. The van der Waals surface area contributed by atoms with E-state index >= 15 is 0 Å². The van der Waals surface area contributed by atoms with Crippen LogP contribution in [-0.4, -0.2) is 31.5 Å². The highest BCUT2D eigenvalue weighted by molar-refractivity contribution is 7.99. The van der Waals surface area contributed by atoms with Crippen LogP contribution in [0, 0.1) is 30.9 Å². The van der Waals surface area contributed by atoms with Crippen LogP contribution in [0.15, 0.2) is 35.5 Å². The van der Waals surface area contributed by atoms with E-state index in [2.05, 4.69) is 29.4 Å². The minimum Gasteiger partial charge on any atom is -0.485 e. The highest BCUT2D eigenvalue weighted by atomic mass is 32.2. The van der Waals surface area contributed by atoms with E-state index in [0.717, 1.165) is 34.2 Å². The van der Waals surface area contributed by atoms with Gasteiger partial charge in [0.05, 0.1) is 10.7 Å². The van der Waals surface area contributed by atoms with Crippen LogP contribution in [0.3, 0.4) is 0 Å². The Kier molecular flexibility index (Phi) is 7.77. The molecule has 1 aromatic heterocycles. The largest absolute Gasteiger partial charge is 0.485 e. The Balaban J connectivity index is 1.65. The summed E-state index contributed by atoms with van der Waals surface area (Å²) in [7, 11) is 0. The Labute approximate surface area is 202 Å². The van der Waals surface area contributed by atoms with Gasteiger partial charge in [-0.2, -0.15) is 0 Å². The molecule has 3 aromatic rings. The number of thioether (sulfide) groups is 1. The number of hydrogen-bond donors (Lipinski definition) is 2. The number of nitro groups is 1. The van der Waals surface area contributed by atoms with Crippen LogP contribution in [0.2, 0.25) is 0 Å². The molecule has 1 amide bonds. The van der Waals surface area contributed by atoms with Gasteiger partial charge in [-0.25, -0.2) is 4.68 Å². The summed E-state index contributed by atoms with van der Waals surface area (Å²) in [6.45, 7) is 9.85. The van der Waals surface area contributed by atoms with Crippen LogP contribution in [0.1, 0.15) is 47.8 Å². The summed E-state index contributed by atoms with van der Waals surface area (Å²) < 4.78 is 7.25. The zero-order chi connectivity index (χ0) is 25.0. The number of rotatable bonds is 9. The first-order valence-electron chi connectivity index (χ1n) is 10.7. The number of amides is 1. The SMILES string of the molecule is Cc1ccc(C(C)C)c(OCc2nnc(SCC(=O)Nc3c([N+](=O)[O-])ccc(C)c3C)n2N)c1. The molecule has 0 bridgehead atoms. The molecule has 0 aliphatic carbocycles. The molecule has 34 heavy (non-hydrogen) atoms. The first kappa shape index (κ1) is 25.0. The number of nitrogens with zero attached hydrogens (tertiary/aromatic N) is 4. The quantitative estimate of drug-likeness (QED) is 0.199. The minimum absolute atomic E-state index is 0.0455.